The summed E-state index contributed by atoms with van der Waals surface area (Å²) in [7, 11) is 5.67. The Balaban J connectivity index is 1.29. The zero-order chi connectivity index (χ0) is 25.4. The quantitative estimate of drug-likeness (QED) is 0.449. The van der Waals surface area contributed by atoms with Gasteiger partial charge in [-0.25, -0.2) is 9.97 Å². The van der Waals surface area contributed by atoms with Gasteiger partial charge < -0.3 is 15.2 Å². The number of nitrogens with zero attached hydrogens (tertiary/aromatic N) is 5. The fourth-order valence-electron chi connectivity index (χ4n) is 5.22. The van der Waals surface area contributed by atoms with Crippen LogP contribution >= 0.6 is 0 Å². The lowest BCUT2D eigenvalue weighted by molar-refractivity contribution is 0.0827. The fraction of sp³-hybridized carbons (Fsp3) is 0.345. The molecule has 2 N–H and O–H groups in total. The van der Waals surface area contributed by atoms with Gasteiger partial charge in [-0.15, -0.1) is 0 Å². The van der Waals surface area contributed by atoms with Gasteiger partial charge in [0.15, 0.2) is 0 Å². The van der Waals surface area contributed by atoms with Crippen molar-refractivity contribution in [1.29, 1.82) is 0 Å². The fourth-order valence-corrected chi connectivity index (χ4v) is 5.22. The van der Waals surface area contributed by atoms with Crippen LogP contribution in [0.2, 0.25) is 0 Å². The highest BCUT2D eigenvalue weighted by atomic mass is 16.2. The van der Waals surface area contributed by atoms with Gasteiger partial charge in [-0.05, 0) is 85.8 Å². The van der Waals surface area contributed by atoms with Gasteiger partial charge >= 0.3 is 0 Å². The van der Waals surface area contributed by atoms with Crippen LogP contribution in [0.5, 0.6) is 0 Å². The van der Waals surface area contributed by atoms with Gasteiger partial charge in [-0.2, -0.15) is 0 Å². The summed E-state index contributed by atoms with van der Waals surface area (Å²) < 4.78 is 2.21. The first-order chi connectivity index (χ1) is 17.3. The van der Waals surface area contributed by atoms with E-state index in [9.17, 15) is 4.79 Å². The van der Waals surface area contributed by atoms with Crippen LogP contribution in [0.4, 0.5) is 5.82 Å². The van der Waals surface area contributed by atoms with E-state index in [0.717, 1.165) is 65.8 Å². The smallest absolute Gasteiger partial charge is 0.253 e. The number of amides is 1. The van der Waals surface area contributed by atoms with Crippen LogP contribution in [0.25, 0.3) is 22.2 Å². The molecule has 1 aliphatic heterocycles. The minimum Gasteiger partial charge on any atom is -0.383 e. The van der Waals surface area contributed by atoms with Crippen molar-refractivity contribution >= 4 is 22.8 Å². The number of rotatable bonds is 5. The summed E-state index contributed by atoms with van der Waals surface area (Å²) in [6, 6.07) is 14.6. The molecule has 5 rings (SSSR count). The van der Waals surface area contributed by atoms with Gasteiger partial charge in [0.1, 0.15) is 11.5 Å². The molecule has 36 heavy (non-hydrogen) atoms. The standard InChI is InChI=1S/C29H34N6O/c1-19-15-23(17-32-27(19)30)25-9-12-31-28-26(25)16-24(34(28)4)18-35-13-10-21(11-14-35)20-5-7-22(8-6-20)29(36)33(2)3/h5-9,12,15-17,21H,10-11,13-14,18H2,1-4H3,(H2,30,32). The van der Waals surface area contributed by atoms with E-state index in [1.165, 1.54) is 11.3 Å². The maximum atomic E-state index is 12.2. The minimum atomic E-state index is 0.0479. The number of anilines is 1. The first-order valence-corrected chi connectivity index (χ1v) is 12.5. The highest BCUT2D eigenvalue weighted by Gasteiger charge is 2.22. The van der Waals surface area contributed by atoms with Crippen LogP contribution in [0.1, 0.15) is 45.9 Å². The second kappa shape index (κ2) is 9.74. The predicted molar refractivity (Wildman–Crippen MR) is 145 cm³/mol. The molecule has 4 aromatic rings. The molecule has 7 nitrogen and oxygen atoms in total. The Morgan fingerprint density at radius 2 is 1.81 bits per heavy atom. The average molecular weight is 483 g/mol. The summed E-state index contributed by atoms with van der Waals surface area (Å²) in [5.41, 5.74) is 13.4. The van der Waals surface area contributed by atoms with Crippen molar-refractivity contribution in [2.24, 2.45) is 7.05 Å². The van der Waals surface area contributed by atoms with E-state index in [1.807, 2.05) is 31.5 Å². The van der Waals surface area contributed by atoms with E-state index < -0.39 is 0 Å². The van der Waals surface area contributed by atoms with Gasteiger partial charge in [0.05, 0.1) is 0 Å². The zero-order valence-electron chi connectivity index (χ0n) is 21.5. The second-order valence-electron chi connectivity index (χ2n) is 10.1. The number of nitrogen functional groups attached to an aromatic ring is 1. The molecule has 0 radical (unpaired) electrons. The number of fused-ring (bicyclic) bond motifs is 1. The molecule has 0 spiro atoms. The molecule has 1 fully saturated rings. The summed E-state index contributed by atoms with van der Waals surface area (Å²) >= 11 is 0. The predicted octanol–water partition coefficient (Wildman–Crippen LogP) is 4.61. The number of aryl methyl sites for hydroxylation is 2. The van der Waals surface area contributed by atoms with Crippen molar-refractivity contribution < 1.29 is 4.79 Å². The van der Waals surface area contributed by atoms with Crippen LogP contribution in [0.3, 0.4) is 0 Å². The maximum absolute atomic E-state index is 12.2. The molecule has 1 aromatic carbocycles. The largest absolute Gasteiger partial charge is 0.383 e. The van der Waals surface area contributed by atoms with Crippen molar-refractivity contribution in [3.05, 3.63) is 77.2 Å². The van der Waals surface area contributed by atoms with Crippen LogP contribution in [-0.2, 0) is 13.6 Å². The first kappa shape index (κ1) is 24.0. The molecular formula is C29H34N6O. The Kier molecular flexibility index (Phi) is 6.49. The Labute approximate surface area is 212 Å². The molecule has 0 unspecified atom stereocenters. The van der Waals surface area contributed by atoms with Crippen LogP contribution in [-0.4, -0.2) is 57.4 Å². The lowest BCUT2D eigenvalue weighted by Gasteiger charge is -2.32. The number of likely N-dealkylation sites (tertiary alicyclic amines) is 1. The lowest BCUT2D eigenvalue weighted by Crippen LogP contribution is -2.33. The van der Waals surface area contributed by atoms with E-state index >= 15 is 0 Å². The van der Waals surface area contributed by atoms with E-state index in [4.69, 9.17) is 5.73 Å². The van der Waals surface area contributed by atoms with Gasteiger partial charge in [0.25, 0.3) is 5.91 Å². The molecule has 0 saturated carbocycles. The second-order valence-corrected chi connectivity index (χ2v) is 10.1. The van der Waals surface area contributed by atoms with Crippen molar-refractivity contribution in [1.82, 2.24) is 24.3 Å². The monoisotopic (exact) mass is 482 g/mol. The molecule has 0 atom stereocenters. The molecule has 0 bridgehead atoms. The van der Waals surface area contributed by atoms with E-state index in [-0.39, 0.29) is 5.91 Å². The van der Waals surface area contributed by atoms with Crippen LogP contribution in [0, 0.1) is 6.92 Å². The number of pyridine rings is 2. The summed E-state index contributed by atoms with van der Waals surface area (Å²) in [5, 5.41) is 1.14. The van der Waals surface area contributed by atoms with Crippen LogP contribution in [0.15, 0.2) is 54.9 Å². The number of aromatic nitrogens is 3. The molecular weight excluding hydrogens is 448 g/mol. The number of nitrogens with two attached hydrogens (primary N) is 1. The Morgan fingerprint density at radius 3 is 2.47 bits per heavy atom. The van der Waals surface area contributed by atoms with Crippen molar-refractivity contribution in [2.45, 2.75) is 32.2 Å². The summed E-state index contributed by atoms with van der Waals surface area (Å²) in [5.74, 6) is 1.15. The highest BCUT2D eigenvalue weighted by molar-refractivity contribution is 5.94. The maximum Gasteiger partial charge on any atom is 0.253 e. The molecule has 0 aliphatic carbocycles. The van der Waals surface area contributed by atoms with Crippen molar-refractivity contribution in [3.8, 4) is 11.1 Å². The van der Waals surface area contributed by atoms with Gasteiger partial charge in [-0.1, -0.05) is 12.1 Å². The van der Waals surface area contributed by atoms with E-state index in [2.05, 4.69) is 56.8 Å². The third kappa shape index (κ3) is 4.58. The number of hydrogen-bond donors (Lipinski definition) is 1. The van der Waals surface area contributed by atoms with Crippen molar-refractivity contribution in [2.75, 3.05) is 32.9 Å². The van der Waals surface area contributed by atoms with Crippen molar-refractivity contribution in [3.63, 3.8) is 0 Å². The van der Waals surface area contributed by atoms with Gasteiger partial charge in [0, 0.05) is 62.3 Å². The number of benzene rings is 1. The Hall–Kier alpha value is -3.71. The minimum absolute atomic E-state index is 0.0479. The van der Waals surface area contributed by atoms with E-state index in [0.29, 0.717) is 11.7 Å². The first-order valence-electron chi connectivity index (χ1n) is 12.5. The SMILES string of the molecule is Cc1cc(-c2ccnc3c2cc(CN2CCC(c4ccc(C(=O)N(C)C)cc4)CC2)n3C)cnc1N. The summed E-state index contributed by atoms with van der Waals surface area (Å²) in [4.78, 5) is 25.4. The van der Waals surface area contributed by atoms with Gasteiger partial charge in [0.2, 0.25) is 0 Å². The van der Waals surface area contributed by atoms with Gasteiger partial charge in [-0.3, -0.25) is 9.69 Å². The molecule has 186 valence electrons. The molecule has 7 heteroatoms. The van der Waals surface area contributed by atoms with Crippen LogP contribution < -0.4 is 5.73 Å². The number of carbonyl (C=O) groups is 1. The Morgan fingerprint density at radius 1 is 1.08 bits per heavy atom. The normalized spacial score (nSPS) is 14.9. The summed E-state index contributed by atoms with van der Waals surface area (Å²) in [6.45, 7) is 4.98. The topological polar surface area (TPSA) is 80.3 Å². The molecule has 1 amide bonds. The highest BCUT2D eigenvalue weighted by Crippen LogP contribution is 2.32. The third-order valence-electron chi connectivity index (χ3n) is 7.47. The zero-order valence-corrected chi connectivity index (χ0v) is 21.5. The number of hydrogen-bond acceptors (Lipinski definition) is 5. The lowest BCUT2D eigenvalue weighted by atomic mass is 9.89. The molecule has 1 saturated heterocycles. The third-order valence-corrected chi connectivity index (χ3v) is 7.47. The van der Waals surface area contributed by atoms with E-state index in [1.54, 1.807) is 19.0 Å². The molecule has 1 aliphatic rings. The number of piperidine rings is 1. The molecule has 3 aromatic heterocycles. The number of carbonyl (C=O) groups excluding carboxylic acids is 1. The summed E-state index contributed by atoms with van der Waals surface area (Å²) in [6.07, 6.45) is 5.95. The molecule has 4 heterocycles. The average Bonchev–Trinajstić information content (AvgIpc) is 3.21. The Bertz CT molecular complexity index is 1400.